The summed E-state index contributed by atoms with van der Waals surface area (Å²) in [5.74, 6) is -2.97. The lowest BCUT2D eigenvalue weighted by Crippen LogP contribution is -2.48. The highest BCUT2D eigenvalue weighted by Gasteiger charge is 2.50. The number of nitrogens with two attached hydrogens (primary N) is 1. The molecule has 1 aromatic rings. The van der Waals surface area contributed by atoms with Crippen molar-refractivity contribution in [1.29, 1.82) is 0 Å². The van der Waals surface area contributed by atoms with E-state index in [-0.39, 0.29) is 22.8 Å². The zero-order valence-electron chi connectivity index (χ0n) is 19.0. The highest BCUT2D eigenvalue weighted by molar-refractivity contribution is 5.83. The van der Waals surface area contributed by atoms with Gasteiger partial charge in [0.15, 0.2) is 0 Å². The van der Waals surface area contributed by atoms with E-state index in [4.69, 9.17) is 15.6 Å². The monoisotopic (exact) mass is 472 g/mol. The van der Waals surface area contributed by atoms with Crippen LogP contribution in [-0.2, 0) is 19.9 Å². The van der Waals surface area contributed by atoms with Crippen molar-refractivity contribution in [2.24, 2.45) is 16.6 Å². The van der Waals surface area contributed by atoms with E-state index in [1.165, 1.54) is 0 Å². The third-order valence-corrected chi connectivity index (χ3v) is 6.70. The van der Waals surface area contributed by atoms with E-state index in [1.807, 2.05) is 44.1 Å². The number of carbonyl (C=O) groups is 3. The second-order valence-electron chi connectivity index (χ2n) is 9.52. The summed E-state index contributed by atoms with van der Waals surface area (Å²) in [6, 6.07) is 6.04. The number of aliphatic carboxylic acids is 1. The van der Waals surface area contributed by atoms with Gasteiger partial charge in [-0.3, -0.25) is 14.6 Å². The van der Waals surface area contributed by atoms with Crippen molar-refractivity contribution >= 4 is 17.8 Å². The smallest absolute Gasteiger partial charge is 0.475 e. The molecule has 2 amide bonds. The summed E-state index contributed by atoms with van der Waals surface area (Å²) in [6.45, 7) is 4.74. The predicted molar refractivity (Wildman–Crippen MR) is 114 cm³/mol. The Bertz CT molecular complexity index is 866. The average molecular weight is 473 g/mol. The van der Waals surface area contributed by atoms with Crippen LogP contribution >= 0.6 is 0 Å². The van der Waals surface area contributed by atoms with Gasteiger partial charge in [0.1, 0.15) is 0 Å². The van der Waals surface area contributed by atoms with Crippen molar-refractivity contribution in [1.82, 2.24) is 15.2 Å². The van der Waals surface area contributed by atoms with Crippen LogP contribution in [0.25, 0.3) is 0 Å². The van der Waals surface area contributed by atoms with Gasteiger partial charge in [-0.1, -0.05) is 6.07 Å². The number of nitrogens with one attached hydrogen (secondary N) is 1. The van der Waals surface area contributed by atoms with Crippen LogP contribution in [0.1, 0.15) is 51.6 Å². The number of alkyl halides is 3. The molecule has 0 bridgehead atoms. The van der Waals surface area contributed by atoms with Crippen molar-refractivity contribution in [2.75, 3.05) is 20.1 Å². The molecule has 3 rings (SSSR count). The number of hydrogen-bond donors (Lipinski definition) is 3. The van der Waals surface area contributed by atoms with Crippen molar-refractivity contribution in [3.63, 3.8) is 0 Å². The first-order chi connectivity index (χ1) is 15.2. The van der Waals surface area contributed by atoms with Gasteiger partial charge in [-0.25, -0.2) is 4.79 Å². The molecule has 184 valence electrons. The van der Waals surface area contributed by atoms with Crippen LogP contribution in [0.5, 0.6) is 0 Å². The van der Waals surface area contributed by atoms with Gasteiger partial charge >= 0.3 is 12.1 Å². The zero-order valence-corrected chi connectivity index (χ0v) is 19.0. The predicted octanol–water partition coefficient (Wildman–Crippen LogP) is 2.43. The number of rotatable bonds is 5. The number of pyridine rings is 1. The Balaban J connectivity index is 0.000000479. The van der Waals surface area contributed by atoms with E-state index in [0.717, 1.165) is 37.9 Å². The molecular formula is C22H31F3N4O4. The van der Waals surface area contributed by atoms with E-state index in [9.17, 15) is 22.8 Å². The van der Waals surface area contributed by atoms with Crippen molar-refractivity contribution in [3.8, 4) is 0 Å². The molecule has 1 saturated heterocycles. The van der Waals surface area contributed by atoms with Crippen molar-refractivity contribution in [3.05, 3.63) is 30.1 Å². The largest absolute Gasteiger partial charge is 0.490 e. The molecule has 2 fully saturated rings. The molecule has 1 aliphatic heterocycles. The first-order valence-corrected chi connectivity index (χ1v) is 10.6. The molecule has 8 nitrogen and oxygen atoms in total. The number of likely N-dealkylation sites (tertiary alicyclic amines) is 1. The van der Waals surface area contributed by atoms with Gasteiger partial charge in [-0.2, -0.15) is 13.2 Å². The number of hydrogen-bond acceptors (Lipinski definition) is 5. The topological polar surface area (TPSA) is 126 Å². The van der Waals surface area contributed by atoms with E-state index in [2.05, 4.69) is 16.4 Å². The Kier molecular flexibility index (Phi) is 7.78. The maximum absolute atomic E-state index is 12.6. The number of carboxylic acid groups (broad SMARTS) is 1. The number of primary amides is 1. The fourth-order valence-corrected chi connectivity index (χ4v) is 4.50. The standard InChI is InChI=1S/C20H30N4O2.C2HF3O2/c1-18(2,17(21)26)13-24-14-19(12-16(24)25)7-9-20(22-3,10-8-19)15-6-4-5-11-23-15;3-2(4,5)1(6)7/h4-6,11,22H,7-10,12-14H2,1-3H3,(H2,21,26);(H,6,7)/t19-,20-;. The Hall–Kier alpha value is -2.69. The molecule has 11 heteroatoms. The summed E-state index contributed by atoms with van der Waals surface area (Å²) < 4.78 is 31.7. The van der Waals surface area contributed by atoms with E-state index in [1.54, 1.807) is 0 Å². The third-order valence-electron chi connectivity index (χ3n) is 6.70. The van der Waals surface area contributed by atoms with Crippen LogP contribution in [0.3, 0.4) is 0 Å². The maximum Gasteiger partial charge on any atom is 0.490 e. The number of aromatic nitrogens is 1. The number of amides is 2. The quantitative estimate of drug-likeness (QED) is 0.604. The molecule has 0 unspecified atom stereocenters. The molecule has 1 aliphatic carbocycles. The lowest BCUT2D eigenvalue weighted by molar-refractivity contribution is -0.192. The SMILES string of the molecule is CN[C@]1(c2ccccn2)CC[C@@]2(CC1)CC(=O)N(CC(C)(C)C(N)=O)C2.O=C(O)C(F)(F)F. The van der Waals surface area contributed by atoms with Crippen LogP contribution in [0, 0.1) is 10.8 Å². The number of halogens is 3. The molecule has 4 N–H and O–H groups in total. The molecular weight excluding hydrogens is 441 g/mol. The lowest BCUT2D eigenvalue weighted by atomic mass is 9.65. The van der Waals surface area contributed by atoms with Gasteiger partial charge in [-0.15, -0.1) is 0 Å². The molecule has 2 aliphatic rings. The van der Waals surface area contributed by atoms with Gasteiger partial charge in [0, 0.05) is 25.7 Å². The molecule has 33 heavy (non-hydrogen) atoms. The van der Waals surface area contributed by atoms with E-state index in [0.29, 0.717) is 13.0 Å². The number of nitrogens with zero attached hydrogens (tertiary/aromatic N) is 2. The molecule has 1 spiro atoms. The van der Waals surface area contributed by atoms with Gasteiger partial charge < -0.3 is 21.1 Å². The highest BCUT2D eigenvalue weighted by atomic mass is 19.4. The Morgan fingerprint density at radius 3 is 2.21 bits per heavy atom. The van der Waals surface area contributed by atoms with Crippen LogP contribution < -0.4 is 11.1 Å². The fraction of sp³-hybridized carbons (Fsp3) is 0.636. The third kappa shape index (κ3) is 6.21. The second kappa shape index (κ2) is 9.66. The van der Waals surface area contributed by atoms with Gasteiger partial charge in [0.2, 0.25) is 11.8 Å². The number of carboxylic acids is 1. The van der Waals surface area contributed by atoms with E-state index >= 15 is 0 Å². The Labute approximate surface area is 190 Å². The van der Waals surface area contributed by atoms with Gasteiger partial charge in [-0.05, 0) is 64.1 Å². The normalized spacial score (nSPS) is 25.5. The van der Waals surface area contributed by atoms with Gasteiger partial charge in [0.05, 0.1) is 16.6 Å². The minimum atomic E-state index is -5.08. The summed E-state index contributed by atoms with van der Waals surface area (Å²) in [7, 11) is 1.99. The minimum absolute atomic E-state index is 0.0138. The second-order valence-corrected chi connectivity index (χ2v) is 9.52. The molecule has 2 heterocycles. The summed E-state index contributed by atoms with van der Waals surface area (Å²) in [4.78, 5) is 39.5. The van der Waals surface area contributed by atoms with E-state index < -0.39 is 17.6 Å². The van der Waals surface area contributed by atoms with Crippen molar-refractivity contribution < 1.29 is 32.7 Å². The van der Waals surface area contributed by atoms with Crippen LogP contribution in [0.15, 0.2) is 24.4 Å². The zero-order chi connectivity index (χ0) is 25.1. The first-order valence-electron chi connectivity index (χ1n) is 10.6. The highest BCUT2D eigenvalue weighted by Crippen LogP contribution is 2.50. The minimum Gasteiger partial charge on any atom is -0.475 e. The fourth-order valence-electron chi connectivity index (χ4n) is 4.50. The summed E-state index contributed by atoms with van der Waals surface area (Å²) in [6.07, 6.45) is 1.20. The average Bonchev–Trinajstić information content (AvgIpc) is 3.03. The molecule has 0 radical (unpaired) electrons. The van der Waals surface area contributed by atoms with Crippen LogP contribution in [-0.4, -0.2) is 59.1 Å². The molecule has 0 aromatic carbocycles. The summed E-state index contributed by atoms with van der Waals surface area (Å²) in [5, 5.41) is 10.6. The molecule has 1 saturated carbocycles. The van der Waals surface area contributed by atoms with Crippen LogP contribution in [0.2, 0.25) is 0 Å². The lowest BCUT2D eigenvalue weighted by Gasteiger charge is -2.44. The first kappa shape index (κ1) is 26.6. The molecule has 0 atom stereocenters. The summed E-state index contributed by atoms with van der Waals surface area (Å²) in [5.41, 5.74) is 5.77. The summed E-state index contributed by atoms with van der Waals surface area (Å²) >= 11 is 0. The Morgan fingerprint density at radius 1 is 1.21 bits per heavy atom. The van der Waals surface area contributed by atoms with Crippen molar-refractivity contribution in [2.45, 2.75) is 57.7 Å². The van der Waals surface area contributed by atoms with Gasteiger partial charge in [0.25, 0.3) is 0 Å². The molecule has 1 aromatic heterocycles. The number of carbonyl (C=O) groups excluding carboxylic acids is 2. The maximum atomic E-state index is 12.6. The Morgan fingerprint density at radius 2 is 1.79 bits per heavy atom. The van der Waals surface area contributed by atoms with Crippen LogP contribution in [0.4, 0.5) is 13.2 Å².